The maximum Gasteiger partial charge on any atom is 0.314 e. The normalized spacial score (nSPS) is 10.8. The zero-order valence-corrected chi connectivity index (χ0v) is 7.08. The molecule has 0 radical (unpaired) electrons. The Morgan fingerprint density at radius 3 is 1.80 bits per heavy atom. The highest BCUT2D eigenvalue weighted by molar-refractivity contribution is 6.67. The third-order valence-corrected chi connectivity index (χ3v) is 1.47. The van der Waals surface area contributed by atoms with Gasteiger partial charge in [0.1, 0.15) is 5.54 Å². The van der Waals surface area contributed by atoms with Gasteiger partial charge in [0.25, 0.3) is 0 Å². The first kappa shape index (κ1) is 9.72. The Hall–Kier alpha value is -0.280. The van der Waals surface area contributed by atoms with Crippen LogP contribution in [-0.4, -0.2) is 16.1 Å². The summed E-state index contributed by atoms with van der Waals surface area (Å²) in [6.45, 7) is 2.92. The number of rotatable bonds is 2. The summed E-state index contributed by atoms with van der Waals surface area (Å²) in [6.07, 6.45) is 0. The van der Waals surface area contributed by atoms with Gasteiger partial charge in [-0.3, -0.25) is 9.59 Å². The van der Waals surface area contributed by atoms with Crippen LogP contribution in [0.4, 0.5) is 4.79 Å². The molecule has 0 aliphatic heterocycles. The summed E-state index contributed by atoms with van der Waals surface area (Å²) in [5.74, 6) is 0. The Bertz CT molecular complexity index is 167. The van der Waals surface area contributed by atoms with Crippen molar-refractivity contribution in [2.24, 2.45) is 0 Å². The second-order valence-electron chi connectivity index (χ2n) is 2.30. The first-order valence-electron chi connectivity index (χ1n) is 2.54. The third kappa shape index (κ3) is 3.03. The van der Waals surface area contributed by atoms with E-state index in [1.54, 1.807) is 0 Å². The number of hydrogen-bond acceptors (Lipinski definition) is 2. The van der Waals surface area contributed by atoms with E-state index < -0.39 is 16.1 Å². The lowest BCUT2D eigenvalue weighted by Crippen LogP contribution is -2.45. The monoisotopic (exact) mass is 183 g/mol. The maximum atomic E-state index is 10.5. The topological polar surface area (TPSA) is 46.2 Å². The molecule has 0 aromatic rings. The smallest absolute Gasteiger partial charge is 0.314 e. The van der Waals surface area contributed by atoms with Gasteiger partial charge >= 0.3 is 5.37 Å². The molecule has 3 nitrogen and oxygen atoms in total. The van der Waals surface area contributed by atoms with Crippen LogP contribution in [0.3, 0.4) is 0 Å². The average molecular weight is 184 g/mol. The lowest BCUT2D eigenvalue weighted by atomic mass is 10.1. The van der Waals surface area contributed by atoms with Gasteiger partial charge < -0.3 is 5.32 Å². The molecule has 0 heterocycles. The quantitative estimate of drug-likeness (QED) is 0.521. The highest BCUT2D eigenvalue weighted by atomic mass is 35.5. The molecule has 0 fully saturated rings. The van der Waals surface area contributed by atoms with Crippen molar-refractivity contribution < 1.29 is 9.59 Å². The van der Waals surface area contributed by atoms with Crippen LogP contribution >= 0.6 is 23.2 Å². The van der Waals surface area contributed by atoms with Crippen LogP contribution in [0.1, 0.15) is 13.8 Å². The lowest BCUT2D eigenvalue weighted by molar-refractivity contribution is -0.116. The van der Waals surface area contributed by atoms with E-state index in [0.29, 0.717) is 0 Å². The van der Waals surface area contributed by atoms with Crippen LogP contribution < -0.4 is 5.32 Å². The molecule has 0 unspecified atom stereocenters. The van der Waals surface area contributed by atoms with Crippen LogP contribution in [-0.2, 0) is 4.79 Å². The second-order valence-corrected chi connectivity index (χ2v) is 2.98. The number of carbonyl (C=O) groups is 2. The van der Waals surface area contributed by atoms with E-state index >= 15 is 0 Å². The molecule has 0 aliphatic rings. The van der Waals surface area contributed by atoms with E-state index in [-0.39, 0.29) is 0 Å². The summed E-state index contributed by atoms with van der Waals surface area (Å²) in [4.78, 5) is 20.7. The van der Waals surface area contributed by atoms with Crippen molar-refractivity contribution in [3.8, 4) is 0 Å². The molecule has 0 rings (SSSR count). The Kier molecular flexibility index (Phi) is 3.12. The molecule has 0 aromatic heterocycles. The van der Waals surface area contributed by atoms with Gasteiger partial charge in [-0.05, 0) is 37.0 Å². The number of nitrogens with one attached hydrogen (secondary N) is 1. The first-order valence-corrected chi connectivity index (χ1v) is 3.29. The fourth-order valence-corrected chi connectivity index (χ4v) is 0.578. The summed E-state index contributed by atoms with van der Waals surface area (Å²) >= 11 is 10.0. The largest absolute Gasteiger partial charge is 0.329 e. The predicted molar refractivity (Wildman–Crippen MR) is 39.3 cm³/mol. The molecule has 1 amide bonds. The molecular formula is C5H7Cl2NO2. The number of halogens is 2. The summed E-state index contributed by atoms with van der Waals surface area (Å²) in [7, 11) is 0. The summed E-state index contributed by atoms with van der Waals surface area (Å²) in [5, 5.41) is 0.720. The Morgan fingerprint density at radius 1 is 1.30 bits per heavy atom. The van der Waals surface area contributed by atoms with E-state index in [4.69, 9.17) is 23.2 Å². The molecule has 10 heavy (non-hydrogen) atoms. The van der Waals surface area contributed by atoms with Crippen molar-refractivity contribution in [1.29, 1.82) is 0 Å². The van der Waals surface area contributed by atoms with Gasteiger partial charge in [0, 0.05) is 0 Å². The van der Waals surface area contributed by atoms with Crippen molar-refractivity contribution in [3.05, 3.63) is 0 Å². The van der Waals surface area contributed by atoms with E-state index in [0.717, 1.165) is 0 Å². The molecule has 0 aliphatic carbocycles. The van der Waals surface area contributed by atoms with Crippen LogP contribution in [0.5, 0.6) is 0 Å². The molecule has 0 spiro atoms. The van der Waals surface area contributed by atoms with Crippen LogP contribution in [0, 0.1) is 0 Å². The van der Waals surface area contributed by atoms with Crippen molar-refractivity contribution >= 4 is 33.8 Å². The zero-order chi connectivity index (χ0) is 8.36. The Labute approximate surface area is 68.7 Å². The van der Waals surface area contributed by atoms with Crippen molar-refractivity contribution in [1.82, 2.24) is 5.32 Å². The molecule has 5 heteroatoms. The molecule has 0 saturated carbocycles. The molecule has 0 atom stereocenters. The zero-order valence-electron chi connectivity index (χ0n) is 5.57. The van der Waals surface area contributed by atoms with Crippen molar-refractivity contribution in [2.75, 3.05) is 0 Å². The van der Waals surface area contributed by atoms with Crippen molar-refractivity contribution in [2.45, 2.75) is 19.4 Å². The Balaban J connectivity index is 4.13. The maximum absolute atomic E-state index is 10.5. The molecule has 0 aromatic carbocycles. The SMILES string of the molecule is CC(C)(NC(=O)Cl)C(=O)Cl. The standard InChI is InChI=1S/C5H7Cl2NO2/c1-5(2,3(6)9)8-4(7)10/h1-2H3,(H,8,10). The fraction of sp³-hybridized carbons (Fsp3) is 0.600. The van der Waals surface area contributed by atoms with E-state index in [1.807, 2.05) is 0 Å². The summed E-state index contributed by atoms with van der Waals surface area (Å²) in [5.41, 5.74) is -1.08. The highest BCUT2D eigenvalue weighted by Crippen LogP contribution is 2.07. The number of carbonyl (C=O) groups excluding carboxylic acids is 2. The first-order chi connectivity index (χ1) is 4.36. The number of amides is 1. The van der Waals surface area contributed by atoms with Gasteiger partial charge in [0.15, 0.2) is 0 Å². The molecular weight excluding hydrogens is 177 g/mol. The third-order valence-electron chi connectivity index (χ3n) is 0.902. The average Bonchev–Trinajstić information content (AvgIpc) is 1.60. The molecule has 0 saturated heterocycles. The Morgan fingerprint density at radius 2 is 1.70 bits per heavy atom. The fourth-order valence-electron chi connectivity index (χ4n) is 0.295. The highest BCUT2D eigenvalue weighted by Gasteiger charge is 2.26. The molecule has 58 valence electrons. The minimum absolute atomic E-state index is 0.651. The van der Waals surface area contributed by atoms with Crippen LogP contribution in [0.2, 0.25) is 0 Å². The van der Waals surface area contributed by atoms with Gasteiger partial charge in [-0.1, -0.05) is 0 Å². The minimum atomic E-state index is -1.08. The van der Waals surface area contributed by atoms with E-state index in [1.165, 1.54) is 13.8 Å². The predicted octanol–water partition coefficient (Wildman–Crippen LogP) is 1.48. The summed E-state index contributed by atoms with van der Waals surface area (Å²) < 4.78 is 0. The second kappa shape index (κ2) is 3.21. The van der Waals surface area contributed by atoms with Gasteiger partial charge in [-0.2, -0.15) is 0 Å². The van der Waals surface area contributed by atoms with Crippen molar-refractivity contribution in [3.63, 3.8) is 0 Å². The summed E-state index contributed by atoms with van der Waals surface area (Å²) in [6, 6.07) is 0. The van der Waals surface area contributed by atoms with Crippen LogP contribution in [0.15, 0.2) is 0 Å². The number of hydrogen-bond donors (Lipinski definition) is 1. The minimum Gasteiger partial charge on any atom is -0.329 e. The van der Waals surface area contributed by atoms with E-state index in [2.05, 4.69) is 5.32 Å². The van der Waals surface area contributed by atoms with E-state index in [9.17, 15) is 9.59 Å². The lowest BCUT2D eigenvalue weighted by Gasteiger charge is -2.18. The van der Waals surface area contributed by atoms with Gasteiger partial charge in [0.05, 0.1) is 0 Å². The molecule has 1 N–H and O–H groups in total. The van der Waals surface area contributed by atoms with Crippen LogP contribution in [0.25, 0.3) is 0 Å². The molecule has 0 bridgehead atoms. The van der Waals surface area contributed by atoms with Gasteiger partial charge in [-0.15, -0.1) is 0 Å². The van der Waals surface area contributed by atoms with Gasteiger partial charge in [0.2, 0.25) is 5.24 Å². The van der Waals surface area contributed by atoms with Gasteiger partial charge in [-0.25, -0.2) is 0 Å².